The number of carboxylic acid groups (broad SMARTS) is 1. The van der Waals surface area contributed by atoms with Crippen molar-refractivity contribution in [3.63, 3.8) is 0 Å². The van der Waals surface area contributed by atoms with Gasteiger partial charge in [-0.2, -0.15) is 0 Å². The molecule has 2 amide bonds. The summed E-state index contributed by atoms with van der Waals surface area (Å²) in [4.78, 5) is 24.4. The lowest BCUT2D eigenvalue weighted by molar-refractivity contribution is -0.141. The van der Waals surface area contributed by atoms with Crippen LogP contribution >= 0.6 is 11.8 Å². The normalized spacial score (nSPS) is 24.8. The third-order valence-electron chi connectivity index (χ3n) is 2.51. The zero-order valence-corrected chi connectivity index (χ0v) is 11.5. The van der Waals surface area contributed by atoms with Crippen LogP contribution in [0, 0.1) is 5.41 Å². The Bertz CT molecular complexity index is 314. The molecule has 0 aliphatic carbocycles. The fourth-order valence-corrected chi connectivity index (χ4v) is 2.74. The molecule has 0 bridgehead atoms. The summed E-state index contributed by atoms with van der Waals surface area (Å²) in [6, 6.07) is -1.00. The number of hydrogen-bond donors (Lipinski definition) is 2. The van der Waals surface area contributed by atoms with Crippen LogP contribution in [0.1, 0.15) is 27.7 Å². The monoisotopic (exact) mass is 260 g/mol. The van der Waals surface area contributed by atoms with Gasteiger partial charge in [0.1, 0.15) is 6.04 Å². The van der Waals surface area contributed by atoms with E-state index in [-0.39, 0.29) is 16.8 Å². The molecule has 0 aromatic heterocycles. The molecule has 1 saturated heterocycles. The van der Waals surface area contributed by atoms with Crippen LogP contribution in [0.2, 0.25) is 0 Å². The van der Waals surface area contributed by atoms with Crippen molar-refractivity contribution in [1.82, 2.24) is 10.2 Å². The largest absolute Gasteiger partial charge is 0.480 e. The van der Waals surface area contributed by atoms with Crippen LogP contribution in [0.25, 0.3) is 0 Å². The average Bonchev–Trinajstić information content (AvgIpc) is 2.55. The Hall–Kier alpha value is -0.910. The van der Waals surface area contributed by atoms with Gasteiger partial charge in [0.25, 0.3) is 0 Å². The van der Waals surface area contributed by atoms with Gasteiger partial charge in [-0.25, -0.2) is 9.59 Å². The maximum atomic E-state index is 12.0. The summed E-state index contributed by atoms with van der Waals surface area (Å²) in [6.07, 6.45) is 0. The molecule has 2 N–H and O–H groups in total. The van der Waals surface area contributed by atoms with Gasteiger partial charge in [0.15, 0.2) is 0 Å². The van der Waals surface area contributed by atoms with Gasteiger partial charge in [-0.3, -0.25) is 4.90 Å². The van der Waals surface area contributed by atoms with Crippen LogP contribution in [0.5, 0.6) is 0 Å². The number of hydrogen-bond acceptors (Lipinski definition) is 3. The summed E-state index contributed by atoms with van der Waals surface area (Å²) in [7, 11) is 0. The first-order valence-electron chi connectivity index (χ1n) is 5.63. The van der Waals surface area contributed by atoms with Crippen molar-refractivity contribution in [3.05, 3.63) is 0 Å². The van der Waals surface area contributed by atoms with Crippen LogP contribution < -0.4 is 5.32 Å². The highest BCUT2D eigenvalue weighted by molar-refractivity contribution is 8.00. The van der Waals surface area contributed by atoms with E-state index in [0.29, 0.717) is 12.3 Å². The molecule has 98 valence electrons. The van der Waals surface area contributed by atoms with Gasteiger partial charge in [0, 0.05) is 12.3 Å². The molecule has 1 rings (SSSR count). The first-order chi connectivity index (χ1) is 7.72. The number of rotatable bonds is 2. The number of carboxylic acids is 1. The molecule has 0 radical (unpaired) electrons. The number of urea groups is 1. The fraction of sp³-hybridized carbons (Fsp3) is 0.818. The van der Waals surface area contributed by atoms with Crippen LogP contribution in [0.3, 0.4) is 0 Å². The van der Waals surface area contributed by atoms with E-state index in [4.69, 9.17) is 5.11 Å². The van der Waals surface area contributed by atoms with Crippen molar-refractivity contribution in [1.29, 1.82) is 0 Å². The Kier molecular flexibility index (Phi) is 4.30. The molecule has 1 aliphatic rings. The predicted molar refractivity (Wildman–Crippen MR) is 68.0 cm³/mol. The summed E-state index contributed by atoms with van der Waals surface area (Å²) < 4.78 is 0. The summed E-state index contributed by atoms with van der Waals surface area (Å²) in [5, 5.41) is 11.7. The number of thioether (sulfide) groups is 1. The molecule has 0 aromatic carbocycles. The maximum absolute atomic E-state index is 12.0. The summed E-state index contributed by atoms with van der Waals surface area (Å²) >= 11 is 1.49. The second kappa shape index (κ2) is 5.16. The minimum absolute atomic E-state index is 0.00944. The molecule has 0 saturated carbocycles. The number of carbonyl (C=O) groups excluding carboxylic acids is 1. The first-order valence-corrected chi connectivity index (χ1v) is 6.68. The molecular weight excluding hydrogens is 240 g/mol. The number of nitrogens with one attached hydrogen (secondary N) is 1. The number of carbonyl (C=O) groups is 2. The molecule has 2 unspecified atom stereocenters. The quantitative estimate of drug-likeness (QED) is 0.791. The molecule has 1 aliphatic heterocycles. The van der Waals surface area contributed by atoms with Crippen molar-refractivity contribution in [2.24, 2.45) is 5.41 Å². The lowest BCUT2D eigenvalue weighted by Gasteiger charge is -2.27. The fourth-order valence-electron chi connectivity index (χ4n) is 1.57. The van der Waals surface area contributed by atoms with E-state index in [1.807, 2.05) is 27.7 Å². The maximum Gasteiger partial charge on any atom is 0.327 e. The van der Waals surface area contributed by atoms with Gasteiger partial charge in [-0.1, -0.05) is 20.8 Å². The Morgan fingerprint density at radius 1 is 1.47 bits per heavy atom. The van der Waals surface area contributed by atoms with Gasteiger partial charge in [-0.05, 0) is 12.3 Å². The standard InChI is InChI=1S/C11H20N2O3S/c1-7-13(8(5-17-7)9(14)15)10(16)12-6-11(2,3)4/h7-8H,5-6H2,1-4H3,(H,12,16)(H,14,15). The smallest absolute Gasteiger partial charge is 0.327 e. The summed E-state index contributed by atoms with van der Waals surface area (Å²) in [5.74, 6) is -0.479. The Morgan fingerprint density at radius 3 is 2.53 bits per heavy atom. The third-order valence-corrected chi connectivity index (χ3v) is 3.73. The lowest BCUT2D eigenvalue weighted by Crippen LogP contribution is -2.50. The van der Waals surface area contributed by atoms with Crippen molar-refractivity contribution in [2.45, 2.75) is 39.1 Å². The Morgan fingerprint density at radius 2 is 2.06 bits per heavy atom. The molecule has 6 heteroatoms. The lowest BCUT2D eigenvalue weighted by atomic mass is 9.97. The van der Waals surface area contributed by atoms with E-state index in [1.165, 1.54) is 16.7 Å². The van der Waals surface area contributed by atoms with Gasteiger partial charge in [-0.15, -0.1) is 11.8 Å². The van der Waals surface area contributed by atoms with Crippen molar-refractivity contribution in [3.8, 4) is 0 Å². The highest BCUT2D eigenvalue weighted by atomic mass is 32.2. The second-order valence-corrected chi connectivity index (χ2v) is 6.76. The molecular formula is C11H20N2O3S. The van der Waals surface area contributed by atoms with Crippen molar-refractivity contribution >= 4 is 23.8 Å². The van der Waals surface area contributed by atoms with E-state index >= 15 is 0 Å². The van der Waals surface area contributed by atoms with E-state index in [9.17, 15) is 9.59 Å². The van der Waals surface area contributed by atoms with E-state index in [1.54, 1.807) is 0 Å². The van der Waals surface area contributed by atoms with Gasteiger partial charge < -0.3 is 10.4 Å². The van der Waals surface area contributed by atoms with Crippen LogP contribution in [0.4, 0.5) is 4.79 Å². The Labute approximate surface area is 106 Å². The van der Waals surface area contributed by atoms with Crippen molar-refractivity contribution in [2.75, 3.05) is 12.3 Å². The molecule has 2 atom stereocenters. The van der Waals surface area contributed by atoms with E-state index in [0.717, 1.165) is 0 Å². The highest BCUT2D eigenvalue weighted by Crippen LogP contribution is 2.28. The highest BCUT2D eigenvalue weighted by Gasteiger charge is 2.39. The molecule has 1 fully saturated rings. The first kappa shape index (κ1) is 14.2. The van der Waals surface area contributed by atoms with Gasteiger partial charge in [0.05, 0.1) is 5.37 Å². The van der Waals surface area contributed by atoms with Gasteiger partial charge >= 0.3 is 12.0 Å². The van der Waals surface area contributed by atoms with Gasteiger partial charge in [0.2, 0.25) is 0 Å². The number of nitrogens with zero attached hydrogens (tertiary/aromatic N) is 1. The zero-order chi connectivity index (χ0) is 13.2. The number of amides is 2. The SMILES string of the molecule is CC1SCC(C(=O)O)N1C(=O)NCC(C)(C)C. The average molecular weight is 260 g/mol. The molecule has 17 heavy (non-hydrogen) atoms. The van der Waals surface area contributed by atoms with Crippen LogP contribution in [0.15, 0.2) is 0 Å². The Balaban J connectivity index is 2.63. The molecule has 5 nitrogen and oxygen atoms in total. The zero-order valence-electron chi connectivity index (χ0n) is 10.7. The van der Waals surface area contributed by atoms with Crippen LogP contribution in [-0.4, -0.2) is 45.7 Å². The molecule has 0 spiro atoms. The third kappa shape index (κ3) is 3.80. The van der Waals surface area contributed by atoms with Crippen molar-refractivity contribution < 1.29 is 14.7 Å². The van der Waals surface area contributed by atoms with E-state index < -0.39 is 12.0 Å². The predicted octanol–water partition coefficient (Wildman–Crippen LogP) is 1.59. The topological polar surface area (TPSA) is 69.6 Å². The molecule has 0 aromatic rings. The van der Waals surface area contributed by atoms with Crippen LogP contribution in [-0.2, 0) is 4.79 Å². The molecule has 1 heterocycles. The number of aliphatic carboxylic acids is 1. The minimum atomic E-state index is -0.937. The minimum Gasteiger partial charge on any atom is -0.480 e. The second-order valence-electron chi connectivity index (χ2n) is 5.41. The summed E-state index contributed by atoms with van der Waals surface area (Å²) in [6.45, 7) is 8.44. The van der Waals surface area contributed by atoms with E-state index in [2.05, 4.69) is 5.32 Å². The summed E-state index contributed by atoms with van der Waals surface area (Å²) in [5.41, 5.74) is -0.00944.